The van der Waals surface area contributed by atoms with E-state index in [4.69, 9.17) is 0 Å². The van der Waals surface area contributed by atoms with Gasteiger partial charge in [-0.25, -0.2) is 4.98 Å². The van der Waals surface area contributed by atoms with Gasteiger partial charge < -0.3 is 15.5 Å². The minimum Gasteiger partial charge on any atom is -0.338 e. The van der Waals surface area contributed by atoms with Crippen LogP contribution in [0.15, 0.2) is 42.6 Å². The van der Waals surface area contributed by atoms with Crippen molar-refractivity contribution in [1.29, 1.82) is 0 Å². The number of aromatic nitrogens is 1. The lowest BCUT2D eigenvalue weighted by Gasteiger charge is -2.16. The summed E-state index contributed by atoms with van der Waals surface area (Å²) in [5.74, 6) is 0.325. The first-order chi connectivity index (χ1) is 13.4. The Bertz CT molecular complexity index is 935. The van der Waals surface area contributed by atoms with Gasteiger partial charge in [-0.3, -0.25) is 14.4 Å². The first-order valence-electron chi connectivity index (χ1n) is 8.99. The Labute approximate surface area is 163 Å². The Hall–Kier alpha value is -3.48. The topological polar surface area (TPSA) is 91.4 Å². The molecule has 7 nitrogen and oxygen atoms in total. The van der Waals surface area contributed by atoms with Crippen molar-refractivity contribution in [2.24, 2.45) is 0 Å². The molecule has 0 bridgehead atoms. The molecule has 2 aromatic rings. The first kappa shape index (κ1) is 19.3. The van der Waals surface area contributed by atoms with Crippen molar-refractivity contribution in [3.63, 3.8) is 0 Å². The molecule has 0 saturated carbocycles. The second-order valence-corrected chi connectivity index (χ2v) is 6.73. The number of amides is 3. The number of pyridine rings is 1. The molecule has 1 aliphatic heterocycles. The number of likely N-dealkylation sites (N-methyl/N-ethyl adjacent to an activating group) is 1. The number of nitrogens with one attached hydrogen (secondary N) is 2. The molecule has 1 aliphatic rings. The minimum absolute atomic E-state index is 0.0230. The maximum absolute atomic E-state index is 12.4. The molecule has 0 aliphatic carbocycles. The van der Waals surface area contributed by atoms with Crippen molar-refractivity contribution in [3.05, 3.63) is 59.3 Å². The largest absolute Gasteiger partial charge is 0.338 e. The van der Waals surface area contributed by atoms with Crippen LogP contribution in [0, 0.1) is 0 Å². The fourth-order valence-electron chi connectivity index (χ4n) is 2.91. The van der Waals surface area contributed by atoms with Crippen LogP contribution in [0.1, 0.15) is 30.0 Å². The maximum atomic E-state index is 12.4. The number of anilines is 2. The SMILES string of the molecule is CC(=O)Nc1ccc(CN(C)C(=O)/C=C/c2cnc3c(c2)CCC(=O)N3)cc1. The number of rotatable bonds is 5. The number of carbonyl (C=O) groups excluding carboxylic acids is 3. The summed E-state index contributed by atoms with van der Waals surface area (Å²) in [5.41, 5.74) is 3.48. The van der Waals surface area contributed by atoms with Crippen LogP contribution >= 0.6 is 0 Å². The van der Waals surface area contributed by atoms with Crippen molar-refractivity contribution in [1.82, 2.24) is 9.88 Å². The van der Waals surface area contributed by atoms with Crippen LogP contribution in [-0.2, 0) is 27.3 Å². The zero-order chi connectivity index (χ0) is 20.1. The van der Waals surface area contributed by atoms with Gasteiger partial charge in [0, 0.05) is 44.9 Å². The van der Waals surface area contributed by atoms with E-state index in [0.29, 0.717) is 25.2 Å². The molecule has 3 rings (SSSR count). The van der Waals surface area contributed by atoms with E-state index in [2.05, 4.69) is 15.6 Å². The molecule has 2 N–H and O–H groups in total. The molecule has 0 fully saturated rings. The van der Waals surface area contributed by atoms with Gasteiger partial charge in [0.2, 0.25) is 17.7 Å². The van der Waals surface area contributed by atoms with Crippen LogP contribution in [0.4, 0.5) is 11.5 Å². The lowest BCUT2D eigenvalue weighted by molar-refractivity contribution is -0.125. The van der Waals surface area contributed by atoms with Crippen LogP contribution < -0.4 is 10.6 Å². The number of hydrogen-bond acceptors (Lipinski definition) is 4. The van der Waals surface area contributed by atoms with Gasteiger partial charge in [-0.05, 0) is 47.4 Å². The normalized spacial score (nSPS) is 13.0. The van der Waals surface area contributed by atoms with Gasteiger partial charge in [0.15, 0.2) is 0 Å². The van der Waals surface area contributed by atoms with Crippen molar-refractivity contribution < 1.29 is 14.4 Å². The van der Waals surface area contributed by atoms with E-state index < -0.39 is 0 Å². The third-order valence-corrected chi connectivity index (χ3v) is 4.36. The molecule has 28 heavy (non-hydrogen) atoms. The number of carbonyl (C=O) groups is 3. The molecule has 3 amide bonds. The van der Waals surface area contributed by atoms with Gasteiger partial charge in [0.25, 0.3) is 0 Å². The van der Waals surface area contributed by atoms with Gasteiger partial charge in [-0.2, -0.15) is 0 Å². The van der Waals surface area contributed by atoms with Crippen molar-refractivity contribution >= 4 is 35.3 Å². The van der Waals surface area contributed by atoms with Crippen LogP contribution in [0.25, 0.3) is 6.08 Å². The average Bonchev–Trinajstić information content (AvgIpc) is 2.67. The number of hydrogen-bond donors (Lipinski definition) is 2. The van der Waals surface area contributed by atoms with Gasteiger partial charge in [-0.15, -0.1) is 0 Å². The highest BCUT2D eigenvalue weighted by Gasteiger charge is 2.15. The van der Waals surface area contributed by atoms with E-state index in [1.165, 1.54) is 13.0 Å². The number of benzene rings is 1. The lowest BCUT2D eigenvalue weighted by atomic mass is 10.0. The van der Waals surface area contributed by atoms with Crippen molar-refractivity contribution in [2.75, 3.05) is 17.7 Å². The van der Waals surface area contributed by atoms with Crippen LogP contribution in [0.2, 0.25) is 0 Å². The summed E-state index contributed by atoms with van der Waals surface area (Å²) in [7, 11) is 1.73. The smallest absolute Gasteiger partial charge is 0.246 e. The lowest BCUT2D eigenvalue weighted by Crippen LogP contribution is -2.24. The van der Waals surface area contributed by atoms with Gasteiger partial charge >= 0.3 is 0 Å². The molecule has 0 atom stereocenters. The molecule has 1 aromatic carbocycles. The van der Waals surface area contributed by atoms with E-state index >= 15 is 0 Å². The quantitative estimate of drug-likeness (QED) is 0.783. The van der Waals surface area contributed by atoms with Crippen molar-refractivity contribution in [3.8, 4) is 0 Å². The molecule has 2 heterocycles. The summed E-state index contributed by atoms with van der Waals surface area (Å²) in [4.78, 5) is 40.7. The molecule has 0 saturated heterocycles. The second kappa shape index (κ2) is 8.47. The molecule has 0 unspecified atom stereocenters. The van der Waals surface area contributed by atoms with Crippen LogP contribution in [0.5, 0.6) is 0 Å². The third kappa shape index (κ3) is 5.03. The molecule has 0 spiro atoms. The van der Waals surface area contributed by atoms with Gasteiger partial charge in [0.05, 0.1) is 0 Å². The monoisotopic (exact) mass is 378 g/mol. The molecular formula is C21H22N4O3. The first-order valence-corrected chi connectivity index (χ1v) is 8.99. The second-order valence-electron chi connectivity index (χ2n) is 6.73. The number of aryl methyl sites for hydroxylation is 1. The Balaban J connectivity index is 1.59. The third-order valence-electron chi connectivity index (χ3n) is 4.36. The van der Waals surface area contributed by atoms with Gasteiger partial charge in [-0.1, -0.05) is 12.1 Å². The van der Waals surface area contributed by atoms with Gasteiger partial charge in [0.1, 0.15) is 5.82 Å². The standard InChI is InChI=1S/C21H22N4O3/c1-14(26)23-18-7-3-15(4-8-18)13-25(2)20(28)10-5-16-11-17-6-9-19(27)24-21(17)22-12-16/h3-5,7-8,10-12H,6,9,13H2,1-2H3,(H,23,26)(H,22,24,27)/b10-5+. The summed E-state index contributed by atoms with van der Waals surface area (Å²) in [5, 5.41) is 5.45. The van der Waals surface area contributed by atoms with E-state index in [-0.39, 0.29) is 17.7 Å². The fraction of sp³-hybridized carbons (Fsp3) is 0.238. The molecule has 144 valence electrons. The highest BCUT2D eigenvalue weighted by atomic mass is 16.2. The number of nitrogens with zero attached hydrogens (tertiary/aromatic N) is 2. The zero-order valence-electron chi connectivity index (χ0n) is 15.9. The average molecular weight is 378 g/mol. The minimum atomic E-state index is -0.128. The highest BCUT2D eigenvalue weighted by Crippen LogP contribution is 2.21. The predicted molar refractivity (Wildman–Crippen MR) is 107 cm³/mol. The summed E-state index contributed by atoms with van der Waals surface area (Å²) in [6.45, 7) is 1.92. The molecule has 7 heteroatoms. The van der Waals surface area contributed by atoms with E-state index in [1.54, 1.807) is 24.2 Å². The Kier molecular flexibility index (Phi) is 5.84. The Morgan fingerprint density at radius 2 is 2.00 bits per heavy atom. The van der Waals surface area contributed by atoms with Crippen LogP contribution in [-0.4, -0.2) is 34.7 Å². The molecule has 1 aromatic heterocycles. The van der Waals surface area contributed by atoms with E-state index in [9.17, 15) is 14.4 Å². The highest BCUT2D eigenvalue weighted by molar-refractivity contribution is 5.93. The summed E-state index contributed by atoms with van der Waals surface area (Å²) >= 11 is 0. The molecule has 0 radical (unpaired) electrons. The Morgan fingerprint density at radius 1 is 1.25 bits per heavy atom. The van der Waals surface area contributed by atoms with Crippen molar-refractivity contribution in [2.45, 2.75) is 26.3 Å². The zero-order valence-corrected chi connectivity index (χ0v) is 15.9. The fourth-order valence-corrected chi connectivity index (χ4v) is 2.91. The Morgan fingerprint density at radius 3 is 2.71 bits per heavy atom. The summed E-state index contributed by atoms with van der Waals surface area (Å²) in [6, 6.07) is 9.30. The maximum Gasteiger partial charge on any atom is 0.246 e. The predicted octanol–water partition coefficient (Wildman–Crippen LogP) is 2.60. The summed E-state index contributed by atoms with van der Waals surface area (Å²) < 4.78 is 0. The van der Waals surface area contributed by atoms with E-state index in [0.717, 1.165) is 22.4 Å². The number of fused-ring (bicyclic) bond motifs is 1. The van der Waals surface area contributed by atoms with Crippen LogP contribution in [0.3, 0.4) is 0 Å². The van der Waals surface area contributed by atoms with E-state index in [1.807, 2.05) is 30.3 Å². The molecular weight excluding hydrogens is 356 g/mol. The summed E-state index contributed by atoms with van der Waals surface area (Å²) in [6.07, 6.45) is 5.97.